The number of halogens is 1. The Kier molecular flexibility index (Phi) is 4.65. The Hall–Kier alpha value is -2.20. The second-order valence-corrected chi connectivity index (χ2v) is 8.17. The first-order valence-electron chi connectivity index (χ1n) is 8.23. The molecule has 3 rings (SSSR count). The van der Waals surface area contributed by atoms with E-state index in [0.29, 0.717) is 5.56 Å². The molecule has 0 aliphatic rings. The number of amides is 1. The molecule has 0 atom stereocenters. The van der Waals surface area contributed by atoms with Gasteiger partial charge in [-0.2, -0.15) is 0 Å². The Balaban J connectivity index is 1.93. The van der Waals surface area contributed by atoms with Crippen LogP contribution < -0.4 is 5.32 Å². The standard InChI is InChI=1S/C21H21BrN2O/c1-13-11-19(17-12-16(22)9-10-18(17)23-13)24-20(25)14-5-7-15(8-6-14)21(2,3)4/h5-12H,1-4H3,(H,23,24,25). The largest absolute Gasteiger partial charge is 0.321 e. The molecule has 0 aliphatic carbocycles. The SMILES string of the molecule is Cc1cc(NC(=O)c2ccc(C(C)(C)C)cc2)c2cc(Br)ccc2n1. The number of pyridine rings is 1. The van der Waals surface area contributed by atoms with Gasteiger partial charge < -0.3 is 5.32 Å². The van der Waals surface area contributed by atoms with Gasteiger partial charge >= 0.3 is 0 Å². The van der Waals surface area contributed by atoms with Crippen LogP contribution in [0.15, 0.2) is 53.0 Å². The minimum atomic E-state index is -0.118. The number of anilines is 1. The van der Waals surface area contributed by atoms with Crippen LogP contribution in [0.5, 0.6) is 0 Å². The van der Waals surface area contributed by atoms with Crippen LogP contribution in [-0.4, -0.2) is 10.9 Å². The van der Waals surface area contributed by atoms with Crippen LogP contribution in [0.4, 0.5) is 5.69 Å². The number of aromatic nitrogens is 1. The fourth-order valence-electron chi connectivity index (χ4n) is 2.75. The number of rotatable bonds is 2. The molecule has 3 aromatic rings. The first kappa shape index (κ1) is 17.6. The molecular formula is C21H21BrN2O. The normalized spacial score (nSPS) is 11.6. The summed E-state index contributed by atoms with van der Waals surface area (Å²) in [6.07, 6.45) is 0. The molecule has 0 spiro atoms. The Labute approximate surface area is 156 Å². The third kappa shape index (κ3) is 3.90. The highest BCUT2D eigenvalue weighted by atomic mass is 79.9. The molecular weight excluding hydrogens is 376 g/mol. The highest BCUT2D eigenvalue weighted by molar-refractivity contribution is 9.10. The van der Waals surface area contributed by atoms with Crippen molar-refractivity contribution in [3.05, 3.63) is 69.8 Å². The quantitative estimate of drug-likeness (QED) is 0.589. The number of benzene rings is 2. The molecule has 1 aromatic heterocycles. The molecule has 0 bridgehead atoms. The molecule has 1 amide bonds. The van der Waals surface area contributed by atoms with Gasteiger partial charge in [-0.3, -0.25) is 9.78 Å². The lowest BCUT2D eigenvalue weighted by Crippen LogP contribution is -2.14. The minimum Gasteiger partial charge on any atom is -0.321 e. The lowest BCUT2D eigenvalue weighted by atomic mass is 9.87. The topological polar surface area (TPSA) is 42.0 Å². The van der Waals surface area contributed by atoms with Crippen molar-refractivity contribution in [3.63, 3.8) is 0 Å². The van der Waals surface area contributed by atoms with Crippen molar-refractivity contribution in [1.29, 1.82) is 0 Å². The van der Waals surface area contributed by atoms with Crippen molar-refractivity contribution in [2.75, 3.05) is 5.32 Å². The summed E-state index contributed by atoms with van der Waals surface area (Å²) in [7, 11) is 0. The number of carbonyl (C=O) groups excluding carboxylic acids is 1. The lowest BCUT2D eigenvalue weighted by Gasteiger charge is -2.19. The van der Waals surface area contributed by atoms with E-state index < -0.39 is 0 Å². The van der Waals surface area contributed by atoms with Gasteiger partial charge in [0.15, 0.2) is 0 Å². The van der Waals surface area contributed by atoms with Gasteiger partial charge in [0.1, 0.15) is 0 Å². The molecule has 0 fully saturated rings. The summed E-state index contributed by atoms with van der Waals surface area (Å²) in [4.78, 5) is 17.2. The summed E-state index contributed by atoms with van der Waals surface area (Å²) in [5.41, 5.74) is 4.42. The zero-order valence-corrected chi connectivity index (χ0v) is 16.4. The highest BCUT2D eigenvalue weighted by Gasteiger charge is 2.15. The van der Waals surface area contributed by atoms with Crippen LogP contribution in [0.2, 0.25) is 0 Å². The van der Waals surface area contributed by atoms with Crippen LogP contribution in [0, 0.1) is 6.92 Å². The second kappa shape index (κ2) is 6.60. The second-order valence-electron chi connectivity index (χ2n) is 7.25. The summed E-state index contributed by atoms with van der Waals surface area (Å²) in [6.45, 7) is 8.40. The van der Waals surface area contributed by atoms with Crippen LogP contribution in [-0.2, 0) is 5.41 Å². The molecule has 0 radical (unpaired) electrons. The van der Waals surface area contributed by atoms with Gasteiger partial charge in [0, 0.05) is 21.1 Å². The number of fused-ring (bicyclic) bond motifs is 1. The van der Waals surface area contributed by atoms with E-state index >= 15 is 0 Å². The van der Waals surface area contributed by atoms with Gasteiger partial charge in [0.2, 0.25) is 0 Å². The maximum atomic E-state index is 12.7. The first-order chi connectivity index (χ1) is 11.7. The van der Waals surface area contributed by atoms with E-state index in [-0.39, 0.29) is 11.3 Å². The van der Waals surface area contributed by atoms with Gasteiger partial charge in [-0.25, -0.2) is 0 Å². The van der Waals surface area contributed by atoms with E-state index in [1.807, 2.05) is 55.5 Å². The number of hydrogen-bond donors (Lipinski definition) is 1. The third-order valence-electron chi connectivity index (χ3n) is 4.16. The molecule has 1 N–H and O–H groups in total. The van der Waals surface area contributed by atoms with E-state index in [0.717, 1.165) is 26.8 Å². The van der Waals surface area contributed by atoms with Crippen molar-refractivity contribution in [1.82, 2.24) is 4.98 Å². The molecule has 2 aromatic carbocycles. The zero-order chi connectivity index (χ0) is 18.2. The summed E-state index contributed by atoms with van der Waals surface area (Å²) >= 11 is 3.48. The molecule has 3 nitrogen and oxygen atoms in total. The van der Waals surface area contributed by atoms with Crippen molar-refractivity contribution in [2.45, 2.75) is 33.1 Å². The van der Waals surface area contributed by atoms with Crippen molar-refractivity contribution < 1.29 is 4.79 Å². The lowest BCUT2D eigenvalue weighted by molar-refractivity contribution is 0.102. The van der Waals surface area contributed by atoms with E-state index in [2.05, 4.69) is 47.0 Å². The number of nitrogens with zero attached hydrogens (tertiary/aromatic N) is 1. The molecule has 0 saturated heterocycles. The summed E-state index contributed by atoms with van der Waals surface area (Å²) in [5, 5.41) is 3.94. The average molecular weight is 397 g/mol. The molecule has 25 heavy (non-hydrogen) atoms. The number of aryl methyl sites for hydroxylation is 1. The molecule has 1 heterocycles. The first-order valence-corrected chi connectivity index (χ1v) is 9.02. The minimum absolute atomic E-state index is 0.0691. The summed E-state index contributed by atoms with van der Waals surface area (Å²) in [6, 6.07) is 15.6. The van der Waals surface area contributed by atoms with Crippen molar-refractivity contribution in [2.24, 2.45) is 0 Å². The van der Waals surface area contributed by atoms with Gasteiger partial charge in [0.05, 0.1) is 11.2 Å². The zero-order valence-electron chi connectivity index (χ0n) is 14.9. The van der Waals surface area contributed by atoms with E-state index in [4.69, 9.17) is 0 Å². The van der Waals surface area contributed by atoms with Crippen molar-refractivity contribution >= 4 is 38.4 Å². The number of nitrogens with one attached hydrogen (secondary N) is 1. The van der Waals surface area contributed by atoms with E-state index in [1.54, 1.807) is 0 Å². The predicted molar refractivity (Wildman–Crippen MR) is 107 cm³/mol. The van der Waals surface area contributed by atoms with Gasteiger partial charge in [0.25, 0.3) is 5.91 Å². The maximum absolute atomic E-state index is 12.7. The highest BCUT2D eigenvalue weighted by Crippen LogP contribution is 2.27. The Bertz CT molecular complexity index is 941. The molecule has 0 unspecified atom stereocenters. The molecule has 128 valence electrons. The van der Waals surface area contributed by atoms with Crippen molar-refractivity contribution in [3.8, 4) is 0 Å². The van der Waals surface area contributed by atoms with Gasteiger partial charge in [-0.1, -0.05) is 48.8 Å². The Morgan fingerprint density at radius 2 is 1.72 bits per heavy atom. The smallest absolute Gasteiger partial charge is 0.255 e. The van der Waals surface area contributed by atoms with Crippen LogP contribution in [0.3, 0.4) is 0 Å². The van der Waals surface area contributed by atoms with E-state index in [1.165, 1.54) is 5.56 Å². The van der Waals surface area contributed by atoms with E-state index in [9.17, 15) is 4.79 Å². The fraction of sp³-hybridized carbons (Fsp3) is 0.238. The van der Waals surface area contributed by atoms with Gasteiger partial charge in [-0.05, 0) is 54.3 Å². The summed E-state index contributed by atoms with van der Waals surface area (Å²) in [5.74, 6) is -0.118. The fourth-order valence-corrected chi connectivity index (χ4v) is 3.11. The molecule has 4 heteroatoms. The van der Waals surface area contributed by atoms with Gasteiger partial charge in [-0.15, -0.1) is 0 Å². The summed E-state index contributed by atoms with van der Waals surface area (Å²) < 4.78 is 0.954. The Morgan fingerprint density at radius 1 is 1.04 bits per heavy atom. The third-order valence-corrected chi connectivity index (χ3v) is 4.65. The maximum Gasteiger partial charge on any atom is 0.255 e. The van der Waals surface area contributed by atoms with Crippen LogP contribution in [0.1, 0.15) is 42.4 Å². The predicted octanol–water partition coefficient (Wildman–Crippen LogP) is 5.86. The van der Waals surface area contributed by atoms with Crippen LogP contribution in [0.25, 0.3) is 10.9 Å². The average Bonchev–Trinajstić information content (AvgIpc) is 2.54. The number of carbonyl (C=O) groups is 1. The number of hydrogen-bond acceptors (Lipinski definition) is 2. The molecule has 0 saturated carbocycles. The molecule has 0 aliphatic heterocycles. The van der Waals surface area contributed by atoms with Crippen LogP contribution >= 0.6 is 15.9 Å². The Morgan fingerprint density at radius 3 is 2.36 bits per heavy atom. The monoisotopic (exact) mass is 396 g/mol.